The Bertz CT molecular complexity index is 714. The lowest BCUT2D eigenvalue weighted by Crippen LogP contribution is -2.23. The standard InChI is InChI=1S/C14H20N4O2S/c1-10(2)18-12(15-16-14(18)21)11-6-4-7-17(13(11)19)8-5-9-20-3/h4,6-7,10H,5,8-9H2,1-3H3,(H,16,21). The van der Waals surface area contributed by atoms with Gasteiger partial charge in [0.15, 0.2) is 10.6 Å². The average molecular weight is 308 g/mol. The highest BCUT2D eigenvalue weighted by atomic mass is 32.1. The van der Waals surface area contributed by atoms with Gasteiger partial charge < -0.3 is 9.30 Å². The zero-order valence-electron chi connectivity index (χ0n) is 12.5. The van der Waals surface area contributed by atoms with Crippen LogP contribution in [0.3, 0.4) is 0 Å². The third-order valence-electron chi connectivity index (χ3n) is 3.23. The maximum atomic E-state index is 12.6. The van der Waals surface area contributed by atoms with Crippen LogP contribution < -0.4 is 5.56 Å². The molecule has 0 aromatic carbocycles. The summed E-state index contributed by atoms with van der Waals surface area (Å²) in [5.74, 6) is 0.584. The highest BCUT2D eigenvalue weighted by Gasteiger charge is 2.15. The quantitative estimate of drug-likeness (QED) is 0.657. The Morgan fingerprint density at radius 2 is 2.24 bits per heavy atom. The predicted octanol–water partition coefficient (Wildman–Crippen LogP) is 2.39. The minimum absolute atomic E-state index is 0.0653. The van der Waals surface area contributed by atoms with Crippen LogP contribution in [0.15, 0.2) is 23.1 Å². The molecule has 0 bridgehead atoms. The first-order chi connectivity index (χ1) is 10.1. The Balaban J connectivity index is 2.44. The summed E-state index contributed by atoms with van der Waals surface area (Å²) in [6.45, 7) is 5.26. The van der Waals surface area contributed by atoms with Crippen LogP contribution in [0.4, 0.5) is 0 Å². The molecule has 1 N–H and O–H groups in total. The molecule has 21 heavy (non-hydrogen) atoms. The SMILES string of the molecule is COCCCn1cccc(-c2n[nH]c(=S)n2C(C)C)c1=O. The molecule has 2 aromatic rings. The summed E-state index contributed by atoms with van der Waals surface area (Å²) in [7, 11) is 1.65. The van der Waals surface area contributed by atoms with E-state index in [1.165, 1.54) is 0 Å². The summed E-state index contributed by atoms with van der Waals surface area (Å²) >= 11 is 5.23. The molecule has 0 aliphatic carbocycles. The van der Waals surface area contributed by atoms with Crippen molar-refractivity contribution in [1.29, 1.82) is 0 Å². The number of nitrogens with one attached hydrogen (secondary N) is 1. The van der Waals surface area contributed by atoms with Crippen LogP contribution in [0, 0.1) is 4.77 Å². The van der Waals surface area contributed by atoms with E-state index in [0.717, 1.165) is 6.42 Å². The second-order valence-electron chi connectivity index (χ2n) is 5.08. The molecule has 0 saturated carbocycles. The molecule has 7 heteroatoms. The molecule has 0 unspecified atom stereocenters. The summed E-state index contributed by atoms with van der Waals surface area (Å²) in [4.78, 5) is 12.6. The molecular formula is C14H20N4O2S. The van der Waals surface area contributed by atoms with Gasteiger partial charge in [0, 0.05) is 32.5 Å². The third-order valence-corrected chi connectivity index (χ3v) is 3.52. The number of ether oxygens (including phenoxy) is 1. The topological polar surface area (TPSA) is 64.8 Å². The lowest BCUT2D eigenvalue weighted by molar-refractivity contribution is 0.190. The molecule has 0 fully saturated rings. The van der Waals surface area contributed by atoms with Gasteiger partial charge in [-0.15, -0.1) is 0 Å². The van der Waals surface area contributed by atoms with Crippen molar-refractivity contribution in [2.45, 2.75) is 32.9 Å². The van der Waals surface area contributed by atoms with Gasteiger partial charge in [0.25, 0.3) is 5.56 Å². The molecule has 2 rings (SSSR count). The summed E-state index contributed by atoms with van der Waals surface area (Å²) < 4.78 is 9.07. The molecule has 2 aromatic heterocycles. The van der Waals surface area contributed by atoms with E-state index in [9.17, 15) is 4.79 Å². The Kier molecular flexibility index (Phi) is 5.08. The van der Waals surface area contributed by atoms with E-state index in [1.807, 2.05) is 24.5 Å². The fourth-order valence-corrected chi connectivity index (χ4v) is 2.58. The Hall–Kier alpha value is -1.73. The van der Waals surface area contributed by atoms with Crippen molar-refractivity contribution in [3.63, 3.8) is 0 Å². The third kappa shape index (κ3) is 3.30. The van der Waals surface area contributed by atoms with Crippen molar-refractivity contribution in [1.82, 2.24) is 19.3 Å². The number of aryl methyl sites for hydroxylation is 1. The first kappa shape index (κ1) is 15.7. The molecule has 0 saturated heterocycles. The van der Waals surface area contributed by atoms with Crippen molar-refractivity contribution < 1.29 is 4.74 Å². The van der Waals surface area contributed by atoms with Crippen molar-refractivity contribution in [3.8, 4) is 11.4 Å². The first-order valence-electron chi connectivity index (χ1n) is 6.92. The molecule has 0 amide bonds. The number of aromatic amines is 1. The Morgan fingerprint density at radius 1 is 1.48 bits per heavy atom. The van der Waals surface area contributed by atoms with E-state index in [4.69, 9.17) is 17.0 Å². The van der Waals surface area contributed by atoms with E-state index in [2.05, 4.69) is 10.2 Å². The van der Waals surface area contributed by atoms with Crippen LogP contribution in [0.1, 0.15) is 26.3 Å². The molecule has 2 heterocycles. The van der Waals surface area contributed by atoms with Crippen LogP contribution in [-0.4, -0.2) is 33.0 Å². The highest BCUT2D eigenvalue weighted by molar-refractivity contribution is 7.71. The predicted molar refractivity (Wildman–Crippen MR) is 84.0 cm³/mol. The van der Waals surface area contributed by atoms with Crippen molar-refractivity contribution in [2.24, 2.45) is 0 Å². The number of hydrogen-bond donors (Lipinski definition) is 1. The lowest BCUT2D eigenvalue weighted by atomic mass is 10.2. The smallest absolute Gasteiger partial charge is 0.261 e. The molecule has 0 aliphatic heterocycles. The van der Waals surface area contributed by atoms with Crippen molar-refractivity contribution >= 4 is 12.2 Å². The van der Waals surface area contributed by atoms with Crippen LogP contribution in [0.25, 0.3) is 11.4 Å². The van der Waals surface area contributed by atoms with Gasteiger partial charge in [0.2, 0.25) is 0 Å². The van der Waals surface area contributed by atoms with E-state index in [1.54, 1.807) is 23.9 Å². The number of methoxy groups -OCH3 is 1. The Labute approximate surface area is 128 Å². The van der Waals surface area contributed by atoms with Crippen molar-refractivity contribution in [2.75, 3.05) is 13.7 Å². The van der Waals surface area contributed by atoms with Gasteiger partial charge in [-0.2, -0.15) is 5.10 Å². The second-order valence-corrected chi connectivity index (χ2v) is 5.47. The fraction of sp³-hybridized carbons (Fsp3) is 0.500. The van der Waals surface area contributed by atoms with E-state index in [0.29, 0.717) is 29.3 Å². The van der Waals surface area contributed by atoms with Gasteiger partial charge in [-0.3, -0.25) is 14.5 Å². The monoisotopic (exact) mass is 308 g/mol. The van der Waals surface area contributed by atoms with Gasteiger partial charge in [-0.05, 0) is 44.6 Å². The molecule has 0 atom stereocenters. The highest BCUT2D eigenvalue weighted by Crippen LogP contribution is 2.17. The summed E-state index contributed by atoms with van der Waals surface area (Å²) in [5.41, 5.74) is 0.487. The fourth-order valence-electron chi connectivity index (χ4n) is 2.24. The van der Waals surface area contributed by atoms with Crippen LogP contribution >= 0.6 is 12.2 Å². The summed E-state index contributed by atoms with van der Waals surface area (Å²) in [6, 6.07) is 3.76. The number of hydrogen-bond acceptors (Lipinski definition) is 4. The van der Waals surface area contributed by atoms with E-state index in [-0.39, 0.29) is 11.6 Å². The van der Waals surface area contributed by atoms with Gasteiger partial charge in [-0.1, -0.05) is 0 Å². The zero-order chi connectivity index (χ0) is 15.4. The average Bonchev–Trinajstić information content (AvgIpc) is 2.83. The maximum absolute atomic E-state index is 12.6. The maximum Gasteiger partial charge on any atom is 0.261 e. The van der Waals surface area contributed by atoms with Gasteiger partial charge >= 0.3 is 0 Å². The van der Waals surface area contributed by atoms with Crippen LogP contribution in [-0.2, 0) is 11.3 Å². The minimum Gasteiger partial charge on any atom is -0.385 e. The van der Waals surface area contributed by atoms with Gasteiger partial charge in [0.05, 0.1) is 5.56 Å². The largest absolute Gasteiger partial charge is 0.385 e. The summed E-state index contributed by atoms with van der Waals surface area (Å²) in [6.07, 6.45) is 2.57. The second kappa shape index (κ2) is 6.82. The molecule has 6 nitrogen and oxygen atoms in total. The molecule has 0 radical (unpaired) electrons. The number of aromatic nitrogens is 4. The van der Waals surface area contributed by atoms with Crippen LogP contribution in [0.5, 0.6) is 0 Å². The molecule has 0 spiro atoms. The van der Waals surface area contributed by atoms with Gasteiger partial charge in [-0.25, -0.2) is 0 Å². The molecular weight excluding hydrogens is 288 g/mol. The summed E-state index contributed by atoms with van der Waals surface area (Å²) in [5, 5.41) is 6.98. The van der Waals surface area contributed by atoms with Crippen molar-refractivity contribution in [3.05, 3.63) is 33.5 Å². The minimum atomic E-state index is -0.0653. The van der Waals surface area contributed by atoms with Gasteiger partial charge in [0.1, 0.15) is 0 Å². The van der Waals surface area contributed by atoms with Crippen LogP contribution in [0.2, 0.25) is 0 Å². The lowest BCUT2D eigenvalue weighted by Gasteiger charge is -2.11. The number of H-pyrrole nitrogens is 1. The number of nitrogens with zero attached hydrogens (tertiary/aromatic N) is 3. The molecule has 114 valence electrons. The molecule has 0 aliphatic rings. The number of pyridine rings is 1. The zero-order valence-corrected chi connectivity index (χ0v) is 13.3. The number of rotatable bonds is 6. The van der Waals surface area contributed by atoms with E-state index >= 15 is 0 Å². The Morgan fingerprint density at radius 3 is 2.90 bits per heavy atom. The van der Waals surface area contributed by atoms with E-state index < -0.39 is 0 Å². The normalized spacial score (nSPS) is 11.2. The first-order valence-corrected chi connectivity index (χ1v) is 7.32.